The van der Waals surface area contributed by atoms with E-state index in [1.54, 1.807) is 11.7 Å². The average molecular weight is 285 g/mol. The molecule has 6 nitrogen and oxygen atoms in total. The summed E-state index contributed by atoms with van der Waals surface area (Å²) in [6.07, 6.45) is 1.02. The second-order valence-corrected chi connectivity index (χ2v) is 5.05. The highest BCUT2D eigenvalue weighted by atomic mass is 16.6. The Bertz CT molecular complexity index is 838. The van der Waals surface area contributed by atoms with Crippen LogP contribution in [0.15, 0.2) is 35.3 Å². The van der Waals surface area contributed by atoms with Crippen LogP contribution in [0.3, 0.4) is 0 Å². The fourth-order valence-corrected chi connectivity index (χ4v) is 2.81. The Morgan fingerprint density at radius 3 is 2.90 bits per heavy atom. The molecule has 1 fully saturated rings. The van der Waals surface area contributed by atoms with Gasteiger partial charge in [-0.15, -0.1) is 0 Å². The smallest absolute Gasteiger partial charge is 0.341 e. The van der Waals surface area contributed by atoms with Gasteiger partial charge in [0.05, 0.1) is 12.8 Å². The molecule has 2 unspecified atom stereocenters. The van der Waals surface area contributed by atoms with E-state index in [2.05, 4.69) is 0 Å². The van der Waals surface area contributed by atoms with E-state index in [0.717, 1.165) is 11.1 Å². The van der Waals surface area contributed by atoms with Crippen LogP contribution in [0.2, 0.25) is 0 Å². The van der Waals surface area contributed by atoms with E-state index in [4.69, 9.17) is 14.6 Å². The Balaban J connectivity index is 2.00. The first-order valence-electron chi connectivity index (χ1n) is 6.43. The van der Waals surface area contributed by atoms with Crippen molar-refractivity contribution in [2.24, 2.45) is 0 Å². The third-order valence-corrected chi connectivity index (χ3v) is 3.90. The number of carboxylic acid groups (broad SMARTS) is 1. The van der Waals surface area contributed by atoms with Crippen molar-refractivity contribution in [2.75, 3.05) is 7.11 Å². The maximum atomic E-state index is 12.0. The van der Waals surface area contributed by atoms with E-state index in [0.29, 0.717) is 11.4 Å². The van der Waals surface area contributed by atoms with Gasteiger partial charge in [-0.25, -0.2) is 4.79 Å². The number of carboxylic acids is 1. The van der Waals surface area contributed by atoms with Gasteiger partial charge in [-0.2, -0.15) is 0 Å². The van der Waals surface area contributed by atoms with E-state index >= 15 is 0 Å². The van der Waals surface area contributed by atoms with Crippen molar-refractivity contribution in [1.82, 2.24) is 4.57 Å². The monoisotopic (exact) mass is 285 g/mol. The van der Waals surface area contributed by atoms with Crippen molar-refractivity contribution in [2.45, 2.75) is 12.3 Å². The van der Waals surface area contributed by atoms with Crippen molar-refractivity contribution in [1.29, 1.82) is 0 Å². The molecule has 0 radical (unpaired) electrons. The number of methoxy groups -OCH3 is 1. The summed E-state index contributed by atoms with van der Waals surface area (Å²) >= 11 is 0. The van der Waals surface area contributed by atoms with E-state index < -0.39 is 11.4 Å². The van der Waals surface area contributed by atoms with Crippen LogP contribution in [0, 0.1) is 0 Å². The summed E-state index contributed by atoms with van der Waals surface area (Å²) in [4.78, 5) is 23.1. The predicted molar refractivity (Wildman–Crippen MR) is 72.5 cm³/mol. The third-order valence-electron chi connectivity index (χ3n) is 3.90. The van der Waals surface area contributed by atoms with Crippen LogP contribution in [-0.2, 0) is 4.74 Å². The summed E-state index contributed by atoms with van der Waals surface area (Å²) < 4.78 is 12.5. The lowest BCUT2D eigenvalue weighted by Gasteiger charge is -2.19. The van der Waals surface area contributed by atoms with Crippen LogP contribution in [0.4, 0.5) is 0 Å². The van der Waals surface area contributed by atoms with Crippen LogP contribution >= 0.6 is 0 Å². The van der Waals surface area contributed by atoms with Gasteiger partial charge in [0.2, 0.25) is 0 Å². The predicted octanol–water partition coefficient (Wildman–Crippen LogP) is 1.81. The fourth-order valence-electron chi connectivity index (χ4n) is 2.81. The molecule has 0 amide bonds. The quantitative estimate of drug-likeness (QED) is 0.851. The minimum absolute atomic E-state index is 0.0949. The largest absolute Gasteiger partial charge is 0.497 e. The first-order valence-corrected chi connectivity index (χ1v) is 6.43. The van der Waals surface area contributed by atoms with E-state index in [9.17, 15) is 9.59 Å². The number of rotatable bonds is 2. The molecule has 0 aliphatic carbocycles. The summed E-state index contributed by atoms with van der Waals surface area (Å²) in [6.45, 7) is 0. The van der Waals surface area contributed by atoms with Crippen LogP contribution < -0.4 is 10.2 Å². The zero-order chi connectivity index (χ0) is 14.7. The Hall–Kier alpha value is -2.60. The van der Waals surface area contributed by atoms with E-state index in [1.165, 1.54) is 12.3 Å². The van der Waals surface area contributed by atoms with Gasteiger partial charge < -0.3 is 19.1 Å². The number of carbonyl (C=O) groups is 1. The molecule has 1 N–H and O–H groups in total. The van der Waals surface area contributed by atoms with Gasteiger partial charge in [0.25, 0.3) is 0 Å². The van der Waals surface area contributed by atoms with Gasteiger partial charge in [-0.3, -0.25) is 4.79 Å². The second kappa shape index (κ2) is 3.95. The number of nitrogens with zero attached hydrogens (tertiary/aromatic N) is 1. The number of aromatic carboxylic acids is 1. The first-order chi connectivity index (χ1) is 10.1. The Labute approximate surface area is 119 Å². The minimum Gasteiger partial charge on any atom is -0.497 e. The molecule has 1 aromatic carbocycles. The fraction of sp³-hybridized carbons (Fsp3) is 0.200. The molecule has 1 saturated heterocycles. The Morgan fingerprint density at radius 2 is 2.19 bits per heavy atom. The maximum absolute atomic E-state index is 12.0. The van der Waals surface area contributed by atoms with E-state index in [-0.39, 0.29) is 17.9 Å². The Morgan fingerprint density at radius 1 is 1.38 bits per heavy atom. The molecule has 6 heteroatoms. The molecule has 2 atom stereocenters. The maximum Gasteiger partial charge on any atom is 0.341 e. The van der Waals surface area contributed by atoms with Crippen molar-refractivity contribution < 1.29 is 19.4 Å². The first kappa shape index (κ1) is 12.2. The minimum atomic E-state index is -1.23. The summed E-state index contributed by atoms with van der Waals surface area (Å²) in [7, 11) is 1.57. The van der Waals surface area contributed by atoms with Gasteiger partial charge in [-0.05, 0) is 17.7 Å². The van der Waals surface area contributed by atoms with Crippen molar-refractivity contribution in [3.8, 4) is 17.0 Å². The molecule has 3 heterocycles. The molecule has 106 valence electrons. The van der Waals surface area contributed by atoms with Crippen molar-refractivity contribution in [3.63, 3.8) is 0 Å². The van der Waals surface area contributed by atoms with Gasteiger partial charge in [0.15, 0.2) is 11.7 Å². The highest BCUT2D eigenvalue weighted by Gasteiger charge is 2.47. The molecule has 1 aromatic heterocycles. The molecule has 2 aliphatic rings. The lowest BCUT2D eigenvalue weighted by molar-refractivity contribution is 0.0694. The zero-order valence-electron chi connectivity index (χ0n) is 11.1. The molecule has 4 rings (SSSR count). The summed E-state index contributed by atoms with van der Waals surface area (Å²) in [5, 5.41) is 9.07. The van der Waals surface area contributed by atoms with Gasteiger partial charge in [0, 0.05) is 17.8 Å². The number of benzene rings is 1. The molecule has 0 saturated carbocycles. The number of hydrogen-bond donors (Lipinski definition) is 1. The number of pyridine rings is 1. The molecular weight excluding hydrogens is 274 g/mol. The topological polar surface area (TPSA) is 81.1 Å². The Kier molecular flexibility index (Phi) is 2.29. The molecule has 2 aliphatic heterocycles. The van der Waals surface area contributed by atoms with Crippen molar-refractivity contribution in [3.05, 3.63) is 51.8 Å². The lowest BCUT2D eigenvalue weighted by atomic mass is 9.96. The molecule has 0 spiro atoms. The molecule has 21 heavy (non-hydrogen) atoms. The summed E-state index contributed by atoms with van der Waals surface area (Å²) in [5.41, 5.74) is 1.71. The number of hydrogen-bond acceptors (Lipinski definition) is 4. The van der Waals surface area contributed by atoms with Gasteiger partial charge in [-0.1, -0.05) is 6.07 Å². The molecular formula is C15H11NO5. The number of ether oxygens (including phenoxy) is 2. The highest BCUT2D eigenvalue weighted by molar-refractivity contribution is 5.88. The highest BCUT2D eigenvalue weighted by Crippen LogP contribution is 2.55. The SMILES string of the molecule is COc1ccc2c(c1)-c1cc(=O)c(C(=O)O)cn1C1OC21. The van der Waals surface area contributed by atoms with Gasteiger partial charge >= 0.3 is 5.97 Å². The number of aromatic nitrogens is 1. The van der Waals surface area contributed by atoms with Gasteiger partial charge in [0.1, 0.15) is 17.4 Å². The molecule has 0 bridgehead atoms. The van der Waals surface area contributed by atoms with E-state index in [1.807, 2.05) is 18.2 Å². The third kappa shape index (κ3) is 1.62. The van der Waals surface area contributed by atoms with Crippen LogP contribution in [-0.4, -0.2) is 22.8 Å². The normalized spacial score (nSPS) is 21.0. The average Bonchev–Trinajstić information content (AvgIpc) is 3.26. The number of epoxide rings is 1. The summed E-state index contributed by atoms with van der Waals surface area (Å²) in [5.74, 6) is -0.557. The molecule has 2 aromatic rings. The van der Waals surface area contributed by atoms with Crippen LogP contribution in [0.25, 0.3) is 11.3 Å². The van der Waals surface area contributed by atoms with Crippen molar-refractivity contribution >= 4 is 5.97 Å². The second-order valence-electron chi connectivity index (χ2n) is 5.05. The van der Waals surface area contributed by atoms with Crippen LogP contribution in [0.5, 0.6) is 5.75 Å². The standard InChI is InChI=1S/C15H11NO5/c1-20-7-2-3-8-9(4-7)11-5-12(17)10(15(18)19)6-16(11)14-13(8)21-14/h2-6,13-14H,1H3,(H,18,19). The number of fused-ring (bicyclic) bond motifs is 6. The summed E-state index contributed by atoms with van der Waals surface area (Å²) in [6, 6.07) is 6.94. The zero-order valence-corrected chi connectivity index (χ0v) is 11.1. The lowest BCUT2D eigenvalue weighted by Crippen LogP contribution is -2.20. The van der Waals surface area contributed by atoms with Crippen LogP contribution in [0.1, 0.15) is 28.3 Å².